The second-order valence-corrected chi connectivity index (χ2v) is 5.56. The van der Waals surface area contributed by atoms with Gasteiger partial charge in [-0.05, 0) is 17.9 Å². The molecule has 0 unspecified atom stereocenters. The molecule has 0 spiro atoms. The quantitative estimate of drug-likeness (QED) is 0.878. The van der Waals surface area contributed by atoms with E-state index >= 15 is 0 Å². The summed E-state index contributed by atoms with van der Waals surface area (Å²) < 4.78 is 0. The maximum Gasteiger partial charge on any atom is 0.257 e. The molecule has 1 aliphatic rings. The Morgan fingerprint density at radius 1 is 1.30 bits per heavy atom. The average molecular weight is 270 g/mol. The fourth-order valence-electron chi connectivity index (χ4n) is 2.68. The van der Waals surface area contributed by atoms with E-state index in [1.54, 1.807) is 11.0 Å². The Kier molecular flexibility index (Phi) is 2.91. The lowest BCUT2D eigenvalue weighted by Gasteiger charge is -2.47. The molecule has 0 atom stereocenters. The van der Waals surface area contributed by atoms with E-state index in [2.05, 4.69) is 0 Å². The first-order chi connectivity index (χ1) is 9.54. The molecule has 2 aromatic rings. The first kappa shape index (κ1) is 12.9. The molecule has 1 amide bonds. The Morgan fingerprint density at radius 2 is 2.00 bits per heavy atom. The van der Waals surface area contributed by atoms with Crippen molar-refractivity contribution in [3.05, 3.63) is 42.0 Å². The van der Waals surface area contributed by atoms with Crippen molar-refractivity contribution in [3.63, 3.8) is 0 Å². The van der Waals surface area contributed by atoms with E-state index in [-0.39, 0.29) is 17.2 Å². The SMILES string of the molecule is CCC1(N)CN(C(=O)c2ccc3ccccc3c2O)C1. The van der Waals surface area contributed by atoms with Gasteiger partial charge >= 0.3 is 0 Å². The lowest BCUT2D eigenvalue weighted by Crippen LogP contribution is -2.68. The number of likely N-dealkylation sites (tertiary alicyclic amines) is 1. The van der Waals surface area contributed by atoms with Gasteiger partial charge in [-0.15, -0.1) is 0 Å². The average Bonchev–Trinajstić information content (AvgIpc) is 2.44. The molecule has 3 N–H and O–H groups in total. The first-order valence-corrected chi connectivity index (χ1v) is 6.83. The Labute approximate surface area is 117 Å². The van der Waals surface area contributed by atoms with Gasteiger partial charge in [-0.2, -0.15) is 0 Å². The van der Waals surface area contributed by atoms with Crippen molar-refractivity contribution in [2.45, 2.75) is 18.9 Å². The molecule has 20 heavy (non-hydrogen) atoms. The van der Waals surface area contributed by atoms with Crippen molar-refractivity contribution in [1.29, 1.82) is 0 Å². The van der Waals surface area contributed by atoms with Crippen molar-refractivity contribution in [2.24, 2.45) is 5.73 Å². The van der Waals surface area contributed by atoms with E-state index in [1.165, 1.54) is 0 Å². The number of benzene rings is 2. The molecule has 1 aliphatic heterocycles. The standard InChI is InChI=1S/C16H18N2O2/c1-2-16(17)9-18(10-16)15(20)13-8-7-11-5-3-4-6-12(11)14(13)19/h3-8,19H,2,9-10,17H2,1H3. The van der Waals surface area contributed by atoms with Gasteiger partial charge in [0.25, 0.3) is 5.91 Å². The second kappa shape index (κ2) is 4.49. The van der Waals surface area contributed by atoms with E-state index in [9.17, 15) is 9.90 Å². The maximum absolute atomic E-state index is 12.4. The number of nitrogens with two attached hydrogens (primary N) is 1. The lowest BCUT2D eigenvalue weighted by molar-refractivity contribution is 0.0399. The van der Waals surface area contributed by atoms with Gasteiger partial charge in [-0.25, -0.2) is 0 Å². The lowest BCUT2D eigenvalue weighted by atomic mass is 9.87. The van der Waals surface area contributed by atoms with Gasteiger partial charge in [0.1, 0.15) is 5.75 Å². The van der Waals surface area contributed by atoms with Gasteiger partial charge in [0.2, 0.25) is 0 Å². The maximum atomic E-state index is 12.4. The number of carbonyl (C=O) groups excluding carboxylic acids is 1. The third-order valence-electron chi connectivity index (χ3n) is 4.13. The molecule has 0 aliphatic carbocycles. The van der Waals surface area contributed by atoms with Crippen LogP contribution in [0.3, 0.4) is 0 Å². The molecule has 3 rings (SSSR count). The highest BCUT2D eigenvalue weighted by Gasteiger charge is 2.41. The van der Waals surface area contributed by atoms with Gasteiger partial charge in [-0.3, -0.25) is 4.79 Å². The number of nitrogens with zero attached hydrogens (tertiary/aromatic N) is 1. The van der Waals surface area contributed by atoms with Crippen molar-refractivity contribution < 1.29 is 9.90 Å². The Balaban J connectivity index is 1.91. The molecular formula is C16H18N2O2. The van der Waals surface area contributed by atoms with Crippen LogP contribution in [0.2, 0.25) is 0 Å². The van der Waals surface area contributed by atoms with Crippen LogP contribution in [0.25, 0.3) is 10.8 Å². The highest BCUT2D eigenvalue weighted by Crippen LogP contribution is 2.31. The summed E-state index contributed by atoms with van der Waals surface area (Å²) >= 11 is 0. The van der Waals surface area contributed by atoms with Gasteiger partial charge in [0.15, 0.2) is 0 Å². The molecule has 0 bridgehead atoms. The van der Waals surface area contributed by atoms with Crippen LogP contribution in [0.5, 0.6) is 5.75 Å². The normalized spacial score (nSPS) is 17.0. The van der Waals surface area contributed by atoms with E-state index in [0.717, 1.165) is 11.8 Å². The monoisotopic (exact) mass is 270 g/mol. The van der Waals surface area contributed by atoms with Crippen LogP contribution in [0.4, 0.5) is 0 Å². The van der Waals surface area contributed by atoms with Gasteiger partial charge in [0, 0.05) is 18.5 Å². The summed E-state index contributed by atoms with van der Waals surface area (Å²) in [6.07, 6.45) is 0.848. The Morgan fingerprint density at radius 3 is 2.70 bits per heavy atom. The summed E-state index contributed by atoms with van der Waals surface area (Å²) in [6.45, 7) is 3.12. The van der Waals surface area contributed by atoms with Crippen LogP contribution in [0.15, 0.2) is 36.4 Å². The highest BCUT2D eigenvalue weighted by molar-refractivity contribution is 6.03. The van der Waals surface area contributed by atoms with Crippen molar-refractivity contribution >= 4 is 16.7 Å². The first-order valence-electron chi connectivity index (χ1n) is 6.83. The zero-order valence-electron chi connectivity index (χ0n) is 11.5. The fraction of sp³-hybridized carbons (Fsp3) is 0.312. The molecule has 4 heteroatoms. The number of rotatable bonds is 2. The number of carbonyl (C=O) groups is 1. The molecular weight excluding hydrogens is 252 g/mol. The summed E-state index contributed by atoms with van der Waals surface area (Å²) in [5.41, 5.74) is 6.17. The van der Waals surface area contributed by atoms with Crippen molar-refractivity contribution in [2.75, 3.05) is 13.1 Å². The predicted molar refractivity (Wildman–Crippen MR) is 78.7 cm³/mol. The minimum absolute atomic E-state index is 0.0547. The van der Waals surface area contributed by atoms with Crippen LogP contribution >= 0.6 is 0 Å². The summed E-state index contributed by atoms with van der Waals surface area (Å²) in [4.78, 5) is 14.1. The third-order valence-corrected chi connectivity index (χ3v) is 4.13. The number of hydrogen-bond acceptors (Lipinski definition) is 3. The number of fused-ring (bicyclic) bond motifs is 1. The van der Waals surface area contributed by atoms with Crippen LogP contribution in [-0.4, -0.2) is 34.5 Å². The molecule has 0 radical (unpaired) electrons. The fourth-order valence-corrected chi connectivity index (χ4v) is 2.68. The zero-order valence-corrected chi connectivity index (χ0v) is 11.5. The summed E-state index contributed by atoms with van der Waals surface area (Å²) in [5.74, 6) is -0.0955. The number of phenols is 1. The number of hydrogen-bond donors (Lipinski definition) is 2. The summed E-state index contributed by atoms with van der Waals surface area (Å²) in [6, 6.07) is 11.0. The molecule has 4 nitrogen and oxygen atoms in total. The molecule has 0 aromatic heterocycles. The Hall–Kier alpha value is -2.07. The number of aromatic hydroxyl groups is 1. The third kappa shape index (κ3) is 1.93. The van der Waals surface area contributed by atoms with Gasteiger partial charge in [0.05, 0.1) is 11.1 Å². The van der Waals surface area contributed by atoms with Crippen molar-refractivity contribution in [3.8, 4) is 5.75 Å². The van der Waals surface area contributed by atoms with E-state index in [0.29, 0.717) is 24.0 Å². The minimum Gasteiger partial charge on any atom is -0.506 e. The molecule has 104 valence electrons. The summed E-state index contributed by atoms with van der Waals surface area (Å²) in [7, 11) is 0. The van der Waals surface area contributed by atoms with E-state index in [4.69, 9.17) is 5.73 Å². The molecule has 1 fully saturated rings. The van der Waals surface area contributed by atoms with Gasteiger partial charge < -0.3 is 15.7 Å². The summed E-state index contributed by atoms with van der Waals surface area (Å²) in [5, 5.41) is 11.9. The minimum atomic E-state index is -0.262. The largest absolute Gasteiger partial charge is 0.506 e. The van der Waals surface area contributed by atoms with Crippen LogP contribution in [-0.2, 0) is 0 Å². The van der Waals surface area contributed by atoms with E-state index in [1.807, 2.05) is 37.3 Å². The molecule has 0 saturated carbocycles. The topological polar surface area (TPSA) is 66.6 Å². The predicted octanol–water partition coefficient (Wildman–Crippen LogP) is 2.11. The molecule has 1 heterocycles. The van der Waals surface area contributed by atoms with Crippen LogP contribution in [0.1, 0.15) is 23.7 Å². The second-order valence-electron chi connectivity index (χ2n) is 5.56. The molecule has 2 aromatic carbocycles. The van der Waals surface area contributed by atoms with Crippen molar-refractivity contribution in [1.82, 2.24) is 4.90 Å². The molecule has 1 saturated heterocycles. The van der Waals surface area contributed by atoms with E-state index < -0.39 is 0 Å². The Bertz CT molecular complexity index is 675. The number of amides is 1. The number of phenolic OH excluding ortho intramolecular Hbond substituents is 1. The van der Waals surface area contributed by atoms with Crippen LogP contribution in [0, 0.1) is 0 Å². The smallest absolute Gasteiger partial charge is 0.257 e. The zero-order chi connectivity index (χ0) is 14.3. The highest BCUT2D eigenvalue weighted by atomic mass is 16.3. The van der Waals surface area contributed by atoms with Crippen LogP contribution < -0.4 is 5.73 Å². The van der Waals surface area contributed by atoms with Gasteiger partial charge in [-0.1, -0.05) is 37.3 Å².